The lowest BCUT2D eigenvalue weighted by molar-refractivity contribution is 1.18. The fourth-order valence-corrected chi connectivity index (χ4v) is 6.71. The van der Waals surface area contributed by atoms with E-state index in [0.717, 1.165) is 5.69 Å². The van der Waals surface area contributed by atoms with E-state index in [4.69, 9.17) is 0 Å². The van der Waals surface area contributed by atoms with Crippen molar-refractivity contribution in [2.75, 3.05) is 0 Å². The molecular formula is C44H33N. The Balaban J connectivity index is 1.22. The molecule has 0 aliphatic carbocycles. The van der Waals surface area contributed by atoms with Crippen molar-refractivity contribution in [2.45, 2.75) is 13.8 Å². The lowest BCUT2D eigenvalue weighted by atomic mass is 9.92. The number of fused-ring (bicyclic) bond motifs is 3. The first-order chi connectivity index (χ1) is 22.1. The van der Waals surface area contributed by atoms with E-state index in [1.807, 2.05) is 0 Å². The average molecular weight is 576 g/mol. The molecule has 0 amide bonds. The van der Waals surface area contributed by atoms with Crippen molar-refractivity contribution >= 4 is 21.8 Å². The monoisotopic (exact) mass is 575 g/mol. The molecule has 1 heteroatoms. The largest absolute Gasteiger partial charge is 0.309 e. The van der Waals surface area contributed by atoms with E-state index < -0.39 is 0 Å². The Kier molecular flexibility index (Phi) is 6.65. The van der Waals surface area contributed by atoms with Crippen LogP contribution in [0.3, 0.4) is 0 Å². The van der Waals surface area contributed by atoms with Crippen LogP contribution in [-0.2, 0) is 0 Å². The lowest BCUT2D eigenvalue weighted by Gasteiger charge is -2.13. The van der Waals surface area contributed by atoms with Gasteiger partial charge in [-0.2, -0.15) is 0 Å². The molecule has 0 saturated heterocycles. The van der Waals surface area contributed by atoms with Crippen LogP contribution in [0.15, 0.2) is 164 Å². The van der Waals surface area contributed by atoms with E-state index in [9.17, 15) is 0 Å². The third-order valence-electron chi connectivity index (χ3n) is 9.11. The molecule has 8 aromatic rings. The Morgan fingerprint density at radius 3 is 1.71 bits per heavy atom. The molecule has 0 radical (unpaired) electrons. The second-order valence-corrected chi connectivity index (χ2v) is 11.9. The van der Waals surface area contributed by atoms with Crippen LogP contribution in [0.1, 0.15) is 11.1 Å². The maximum atomic E-state index is 2.41. The highest BCUT2D eigenvalue weighted by Gasteiger charge is 2.15. The van der Waals surface area contributed by atoms with E-state index in [-0.39, 0.29) is 0 Å². The molecule has 0 aliphatic rings. The zero-order chi connectivity index (χ0) is 30.3. The second kappa shape index (κ2) is 11.1. The number of aryl methyl sites for hydroxylation is 2. The minimum Gasteiger partial charge on any atom is -0.309 e. The maximum Gasteiger partial charge on any atom is 0.0541 e. The first-order valence-corrected chi connectivity index (χ1v) is 15.6. The van der Waals surface area contributed by atoms with Gasteiger partial charge in [-0.25, -0.2) is 0 Å². The Hall–Kier alpha value is -5.66. The molecule has 0 bridgehead atoms. The topological polar surface area (TPSA) is 4.93 Å². The lowest BCUT2D eigenvalue weighted by Crippen LogP contribution is -1.94. The average Bonchev–Trinajstić information content (AvgIpc) is 3.43. The molecule has 0 spiro atoms. The Bertz CT molecular complexity index is 2320. The molecule has 45 heavy (non-hydrogen) atoms. The fourth-order valence-electron chi connectivity index (χ4n) is 6.71. The van der Waals surface area contributed by atoms with Gasteiger partial charge in [0.05, 0.1) is 11.0 Å². The molecule has 1 aromatic heterocycles. The van der Waals surface area contributed by atoms with Crippen molar-refractivity contribution in [1.29, 1.82) is 0 Å². The molecule has 0 N–H and O–H groups in total. The van der Waals surface area contributed by atoms with Gasteiger partial charge in [0.2, 0.25) is 0 Å². The van der Waals surface area contributed by atoms with Gasteiger partial charge < -0.3 is 4.57 Å². The number of aromatic nitrogens is 1. The first kappa shape index (κ1) is 26.9. The van der Waals surface area contributed by atoms with Crippen LogP contribution in [0, 0.1) is 13.8 Å². The van der Waals surface area contributed by atoms with Gasteiger partial charge in [-0.3, -0.25) is 0 Å². The Morgan fingerprint density at radius 2 is 0.889 bits per heavy atom. The van der Waals surface area contributed by atoms with Gasteiger partial charge in [-0.1, -0.05) is 127 Å². The first-order valence-electron chi connectivity index (χ1n) is 15.6. The normalized spacial score (nSPS) is 11.3. The van der Waals surface area contributed by atoms with Gasteiger partial charge in [0.1, 0.15) is 0 Å². The van der Waals surface area contributed by atoms with Crippen molar-refractivity contribution in [3.05, 3.63) is 175 Å². The SMILES string of the molecule is Cc1ccccc1-c1cc(-c2ccc3c(c2)c2ccccc2n3-c2cccc(-c3ccc(-c4ccccc4)cc3)c2)ccc1C. The fraction of sp³-hybridized carbons (Fsp3) is 0.0455. The molecule has 0 aliphatic heterocycles. The van der Waals surface area contributed by atoms with Gasteiger partial charge in [0, 0.05) is 16.5 Å². The van der Waals surface area contributed by atoms with Crippen LogP contribution in [0.25, 0.3) is 72.0 Å². The van der Waals surface area contributed by atoms with Crippen molar-refractivity contribution < 1.29 is 0 Å². The summed E-state index contributed by atoms with van der Waals surface area (Å²) in [6.45, 7) is 4.39. The van der Waals surface area contributed by atoms with Crippen LogP contribution in [0.5, 0.6) is 0 Å². The summed E-state index contributed by atoms with van der Waals surface area (Å²) in [6.07, 6.45) is 0. The van der Waals surface area contributed by atoms with E-state index in [1.54, 1.807) is 0 Å². The van der Waals surface area contributed by atoms with Gasteiger partial charge in [-0.15, -0.1) is 0 Å². The minimum absolute atomic E-state index is 1.16. The van der Waals surface area contributed by atoms with Crippen LogP contribution in [-0.4, -0.2) is 4.57 Å². The predicted molar refractivity (Wildman–Crippen MR) is 192 cm³/mol. The summed E-state index contributed by atoms with van der Waals surface area (Å²) < 4.78 is 2.41. The van der Waals surface area contributed by atoms with Gasteiger partial charge in [-0.05, 0) is 106 Å². The smallest absolute Gasteiger partial charge is 0.0541 e. The highest BCUT2D eigenvalue weighted by Crippen LogP contribution is 2.37. The maximum absolute atomic E-state index is 2.41. The molecule has 1 nitrogen and oxygen atoms in total. The number of hydrogen-bond acceptors (Lipinski definition) is 0. The molecular weight excluding hydrogens is 542 g/mol. The summed E-state index contributed by atoms with van der Waals surface area (Å²) in [5.41, 5.74) is 16.1. The third kappa shape index (κ3) is 4.83. The van der Waals surface area contributed by atoms with E-state index >= 15 is 0 Å². The van der Waals surface area contributed by atoms with E-state index in [2.05, 4.69) is 182 Å². The molecule has 7 aromatic carbocycles. The van der Waals surface area contributed by atoms with Gasteiger partial charge in [0.25, 0.3) is 0 Å². The minimum atomic E-state index is 1.16. The highest BCUT2D eigenvalue weighted by atomic mass is 15.0. The molecule has 0 saturated carbocycles. The van der Waals surface area contributed by atoms with Crippen LogP contribution in [0.4, 0.5) is 0 Å². The number of hydrogen-bond donors (Lipinski definition) is 0. The Labute approximate surface area is 264 Å². The van der Waals surface area contributed by atoms with E-state index in [1.165, 1.54) is 77.4 Å². The number of nitrogens with zero attached hydrogens (tertiary/aromatic N) is 1. The van der Waals surface area contributed by atoms with E-state index in [0.29, 0.717) is 0 Å². The summed E-state index contributed by atoms with van der Waals surface area (Å²) in [6, 6.07) is 59.6. The van der Waals surface area contributed by atoms with Crippen molar-refractivity contribution in [3.8, 4) is 50.2 Å². The van der Waals surface area contributed by atoms with Crippen LogP contribution >= 0.6 is 0 Å². The zero-order valence-electron chi connectivity index (χ0n) is 25.5. The molecule has 0 fully saturated rings. The number of benzene rings is 7. The molecule has 0 atom stereocenters. The second-order valence-electron chi connectivity index (χ2n) is 11.9. The Morgan fingerprint density at radius 1 is 0.333 bits per heavy atom. The summed E-state index contributed by atoms with van der Waals surface area (Å²) >= 11 is 0. The van der Waals surface area contributed by atoms with Crippen molar-refractivity contribution in [3.63, 3.8) is 0 Å². The standard InChI is InChI=1S/C44H33N/c1-30-11-6-7-16-39(30)41-28-36(20-19-31(41)2)37-25-26-44-42(29-37)40-17-8-9-18-43(40)45(44)38-15-10-14-35(27-38)34-23-21-33(22-24-34)32-12-4-3-5-13-32/h3-29H,1-2H3. The predicted octanol–water partition coefficient (Wildman–Crippen LogP) is 12.1. The molecule has 8 rings (SSSR count). The van der Waals surface area contributed by atoms with Gasteiger partial charge >= 0.3 is 0 Å². The number of para-hydroxylation sites is 1. The molecule has 1 heterocycles. The zero-order valence-corrected chi connectivity index (χ0v) is 25.5. The van der Waals surface area contributed by atoms with Crippen molar-refractivity contribution in [2.24, 2.45) is 0 Å². The van der Waals surface area contributed by atoms with Crippen LogP contribution in [0.2, 0.25) is 0 Å². The van der Waals surface area contributed by atoms with Crippen LogP contribution < -0.4 is 0 Å². The molecule has 214 valence electrons. The summed E-state index contributed by atoms with van der Waals surface area (Å²) in [7, 11) is 0. The highest BCUT2D eigenvalue weighted by molar-refractivity contribution is 6.10. The summed E-state index contributed by atoms with van der Waals surface area (Å²) in [5.74, 6) is 0. The quantitative estimate of drug-likeness (QED) is 0.192. The summed E-state index contributed by atoms with van der Waals surface area (Å²) in [4.78, 5) is 0. The van der Waals surface area contributed by atoms with Gasteiger partial charge in [0.15, 0.2) is 0 Å². The molecule has 0 unspecified atom stereocenters. The third-order valence-corrected chi connectivity index (χ3v) is 9.11. The summed E-state index contributed by atoms with van der Waals surface area (Å²) in [5, 5.41) is 2.52. The van der Waals surface area contributed by atoms with Crippen molar-refractivity contribution in [1.82, 2.24) is 4.57 Å². The number of rotatable bonds is 5.